The van der Waals surface area contributed by atoms with Crippen LogP contribution >= 0.6 is 0 Å². The average molecular weight is 376 g/mol. The first-order chi connectivity index (χ1) is 12.7. The molecule has 1 aromatic carbocycles. The number of halogens is 3. The second kappa shape index (κ2) is 11.5. The van der Waals surface area contributed by atoms with Gasteiger partial charge < -0.3 is 4.74 Å². The lowest BCUT2D eigenvalue weighted by molar-refractivity contribution is -0.0871. The zero-order chi connectivity index (χ0) is 20.2. The van der Waals surface area contributed by atoms with E-state index in [-0.39, 0.29) is 0 Å². The minimum Gasteiger partial charge on any atom is -0.358 e. The summed E-state index contributed by atoms with van der Waals surface area (Å²) in [5.74, 6) is 10.0. The van der Waals surface area contributed by atoms with E-state index >= 15 is 0 Å². The Morgan fingerprint density at radius 1 is 1.07 bits per heavy atom. The van der Waals surface area contributed by atoms with Crippen LogP contribution in [0.5, 0.6) is 0 Å². The van der Waals surface area contributed by atoms with Crippen LogP contribution in [0.1, 0.15) is 58.4 Å². The van der Waals surface area contributed by atoms with Gasteiger partial charge in [0, 0.05) is 12.5 Å². The normalized spacial score (nSPS) is 12.0. The lowest BCUT2D eigenvalue weighted by Crippen LogP contribution is -2.21. The van der Waals surface area contributed by atoms with E-state index in [1.807, 2.05) is 30.3 Å². The molecule has 0 amide bonds. The molecule has 27 heavy (non-hydrogen) atoms. The number of hydrogen-bond donors (Lipinski definition) is 0. The molecule has 0 bridgehead atoms. The third-order valence-electron chi connectivity index (χ3n) is 3.72. The van der Waals surface area contributed by atoms with E-state index in [2.05, 4.69) is 30.6 Å². The fourth-order valence-electron chi connectivity index (χ4n) is 2.14. The van der Waals surface area contributed by atoms with Crippen molar-refractivity contribution in [2.24, 2.45) is 0 Å². The number of alkyl halides is 3. The maximum Gasteiger partial charge on any atom is 0.424 e. The molecule has 0 aliphatic heterocycles. The van der Waals surface area contributed by atoms with E-state index in [1.54, 1.807) is 13.8 Å². The lowest BCUT2D eigenvalue weighted by atomic mass is 10.1. The van der Waals surface area contributed by atoms with Crippen LogP contribution in [0.15, 0.2) is 42.0 Å². The average Bonchev–Trinajstić information content (AvgIpc) is 2.61. The zero-order valence-corrected chi connectivity index (χ0v) is 16.2. The van der Waals surface area contributed by atoms with Crippen molar-refractivity contribution in [1.29, 1.82) is 0 Å². The Morgan fingerprint density at radius 2 is 1.78 bits per heavy atom. The monoisotopic (exact) mass is 376 g/mol. The zero-order valence-electron chi connectivity index (χ0n) is 16.2. The SMILES string of the molecule is CCCCCCC#C/C(=C/C#CC(C)(C)OCc1ccccc1)C(F)(F)F. The smallest absolute Gasteiger partial charge is 0.358 e. The summed E-state index contributed by atoms with van der Waals surface area (Å²) in [5, 5.41) is 0. The van der Waals surface area contributed by atoms with E-state index in [1.165, 1.54) is 0 Å². The Hall–Kier alpha value is -2.17. The first-order valence-electron chi connectivity index (χ1n) is 9.21. The van der Waals surface area contributed by atoms with Gasteiger partial charge in [0.05, 0.1) is 6.61 Å². The number of benzene rings is 1. The predicted octanol–water partition coefficient (Wildman–Crippen LogP) is 6.45. The molecular weight excluding hydrogens is 349 g/mol. The molecule has 0 saturated heterocycles. The fourth-order valence-corrected chi connectivity index (χ4v) is 2.14. The molecule has 0 fully saturated rings. The van der Waals surface area contributed by atoms with Gasteiger partial charge in [-0.2, -0.15) is 13.2 Å². The van der Waals surface area contributed by atoms with Gasteiger partial charge in [0.25, 0.3) is 0 Å². The maximum absolute atomic E-state index is 13.1. The summed E-state index contributed by atoms with van der Waals surface area (Å²) in [7, 11) is 0. The third-order valence-corrected chi connectivity index (χ3v) is 3.72. The van der Waals surface area contributed by atoms with E-state index < -0.39 is 17.4 Å². The summed E-state index contributed by atoms with van der Waals surface area (Å²) in [4.78, 5) is 0. The summed E-state index contributed by atoms with van der Waals surface area (Å²) in [6.07, 6.45) is 0.770. The van der Waals surface area contributed by atoms with Gasteiger partial charge >= 0.3 is 6.18 Å². The van der Waals surface area contributed by atoms with Gasteiger partial charge in [0.2, 0.25) is 0 Å². The minimum absolute atomic E-state index is 0.343. The molecule has 0 radical (unpaired) electrons. The van der Waals surface area contributed by atoms with Crippen LogP contribution in [0.2, 0.25) is 0 Å². The fraction of sp³-hybridized carbons (Fsp3) is 0.478. The summed E-state index contributed by atoms with van der Waals surface area (Å²) < 4.78 is 44.9. The summed E-state index contributed by atoms with van der Waals surface area (Å²) in [6.45, 7) is 5.88. The van der Waals surface area contributed by atoms with Gasteiger partial charge in [-0.25, -0.2) is 0 Å². The van der Waals surface area contributed by atoms with Crippen molar-refractivity contribution in [1.82, 2.24) is 0 Å². The second-order valence-electron chi connectivity index (χ2n) is 6.72. The number of rotatable bonds is 7. The molecular formula is C23H27F3O. The first-order valence-corrected chi connectivity index (χ1v) is 9.21. The molecule has 0 aliphatic carbocycles. The highest BCUT2D eigenvalue weighted by Gasteiger charge is 2.32. The molecule has 1 nitrogen and oxygen atoms in total. The highest BCUT2D eigenvalue weighted by atomic mass is 19.4. The van der Waals surface area contributed by atoms with Crippen molar-refractivity contribution < 1.29 is 17.9 Å². The van der Waals surface area contributed by atoms with Crippen LogP contribution in [0.3, 0.4) is 0 Å². The van der Waals surface area contributed by atoms with Crippen molar-refractivity contribution in [3.05, 3.63) is 47.5 Å². The number of ether oxygens (including phenoxy) is 1. The van der Waals surface area contributed by atoms with Crippen LogP contribution in [-0.4, -0.2) is 11.8 Å². The second-order valence-corrected chi connectivity index (χ2v) is 6.72. The molecule has 0 N–H and O–H groups in total. The van der Waals surface area contributed by atoms with Gasteiger partial charge in [-0.05, 0) is 25.8 Å². The summed E-state index contributed by atoms with van der Waals surface area (Å²) in [6, 6.07) is 9.54. The minimum atomic E-state index is -4.50. The molecule has 0 unspecified atom stereocenters. The third kappa shape index (κ3) is 10.5. The van der Waals surface area contributed by atoms with E-state index in [0.717, 1.165) is 37.3 Å². The Bertz CT molecular complexity index is 707. The highest BCUT2D eigenvalue weighted by molar-refractivity contribution is 5.39. The van der Waals surface area contributed by atoms with Crippen molar-refractivity contribution in [3.63, 3.8) is 0 Å². The van der Waals surface area contributed by atoms with Crippen LogP contribution in [0, 0.1) is 23.7 Å². The maximum atomic E-state index is 13.1. The molecule has 1 aromatic rings. The van der Waals surface area contributed by atoms with Crippen LogP contribution < -0.4 is 0 Å². The van der Waals surface area contributed by atoms with E-state index in [9.17, 15) is 13.2 Å². The standard InChI is InChI=1S/C23H27F3O/c1-4-5-6-7-8-12-16-21(23(24,25)26)17-13-18-22(2,3)27-19-20-14-10-9-11-15-20/h9-11,14-15,17H,4-8,19H2,1-3H3/b21-17-. The van der Waals surface area contributed by atoms with Crippen LogP contribution in [0.25, 0.3) is 0 Å². The summed E-state index contributed by atoms with van der Waals surface area (Å²) in [5.41, 5.74) is -0.798. The Morgan fingerprint density at radius 3 is 2.41 bits per heavy atom. The van der Waals surface area contributed by atoms with Gasteiger partial charge in [-0.1, -0.05) is 80.2 Å². The van der Waals surface area contributed by atoms with E-state index in [4.69, 9.17) is 4.74 Å². The van der Waals surface area contributed by atoms with Crippen LogP contribution in [-0.2, 0) is 11.3 Å². The van der Waals surface area contributed by atoms with Gasteiger partial charge in [0.1, 0.15) is 11.2 Å². The van der Waals surface area contributed by atoms with Crippen LogP contribution in [0.4, 0.5) is 13.2 Å². The molecule has 0 aromatic heterocycles. The number of allylic oxidation sites excluding steroid dienone is 2. The molecule has 4 heteroatoms. The van der Waals surface area contributed by atoms with E-state index in [0.29, 0.717) is 13.0 Å². The molecule has 0 spiro atoms. The molecule has 146 valence electrons. The molecule has 0 saturated carbocycles. The highest BCUT2D eigenvalue weighted by Crippen LogP contribution is 2.24. The van der Waals surface area contributed by atoms with Crippen molar-refractivity contribution >= 4 is 0 Å². The van der Waals surface area contributed by atoms with Crippen molar-refractivity contribution in [2.45, 2.75) is 71.3 Å². The molecule has 1 rings (SSSR count). The Balaban J connectivity index is 2.71. The number of unbranched alkanes of at least 4 members (excludes halogenated alkanes) is 4. The topological polar surface area (TPSA) is 9.23 Å². The van der Waals surface area contributed by atoms with Crippen molar-refractivity contribution in [3.8, 4) is 23.7 Å². The van der Waals surface area contributed by atoms with Gasteiger partial charge in [0.15, 0.2) is 0 Å². The van der Waals surface area contributed by atoms with Crippen molar-refractivity contribution in [2.75, 3.05) is 0 Å². The Kier molecular flexibility index (Phi) is 9.76. The van der Waals surface area contributed by atoms with Gasteiger partial charge in [-0.15, -0.1) is 0 Å². The quantitative estimate of drug-likeness (QED) is 0.393. The first kappa shape index (κ1) is 22.9. The molecule has 0 aliphatic rings. The summed E-state index contributed by atoms with van der Waals surface area (Å²) >= 11 is 0. The molecule has 0 atom stereocenters. The molecule has 0 heterocycles. The van der Waals surface area contributed by atoms with Gasteiger partial charge in [-0.3, -0.25) is 0 Å². The largest absolute Gasteiger partial charge is 0.424 e. The lowest BCUT2D eigenvalue weighted by Gasteiger charge is -2.18. The Labute approximate surface area is 161 Å². The number of hydrogen-bond acceptors (Lipinski definition) is 1. The predicted molar refractivity (Wildman–Crippen MR) is 104 cm³/mol.